The van der Waals surface area contributed by atoms with E-state index in [1.165, 1.54) is 0 Å². The molecule has 5 heteroatoms. The van der Waals surface area contributed by atoms with E-state index in [9.17, 15) is 0 Å². The van der Waals surface area contributed by atoms with Gasteiger partial charge in [0.15, 0.2) is 0 Å². The third-order valence-corrected chi connectivity index (χ3v) is 1.84. The van der Waals surface area contributed by atoms with Crippen LogP contribution in [0.2, 0.25) is 0 Å². The van der Waals surface area contributed by atoms with E-state index in [2.05, 4.69) is 17.2 Å². The maximum absolute atomic E-state index is 5.78. The van der Waals surface area contributed by atoms with Gasteiger partial charge in [0.2, 0.25) is 0 Å². The van der Waals surface area contributed by atoms with E-state index in [0.29, 0.717) is 5.46 Å². The Hall–Kier alpha value is -1.07. The van der Waals surface area contributed by atoms with Gasteiger partial charge in [0, 0.05) is 19.3 Å². The summed E-state index contributed by atoms with van der Waals surface area (Å²) in [6, 6.07) is 3.59. The highest BCUT2D eigenvalue weighted by Crippen LogP contribution is 2.01. The lowest BCUT2D eigenvalue weighted by atomic mass is 9.99. The molecular weight excluding hydrogens is 175 g/mol. The fraction of sp³-hybridized carbons (Fsp3) is 0.444. The number of pyridine rings is 1. The minimum absolute atomic E-state index is 0.647. The van der Waals surface area contributed by atoms with E-state index in [1.54, 1.807) is 23.3 Å². The van der Waals surface area contributed by atoms with Crippen LogP contribution in [-0.4, -0.2) is 32.5 Å². The molecule has 0 spiro atoms. The molecule has 0 unspecified atom stereocenters. The first-order chi connectivity index (χ1) is 6.74. The van der Waals surface area contributed by atoms with Crippen molar-refractivity contribution in [3.05, 3.63) is 18.3 Å². The van der Waals surface area contributed by atoms with Gasteiger partial charge in [-0.15, -0.1) is 0 Å². The number of hydrazine groups is 1. The molecule has 14 heavy (non-hydrogen) atoms. The van der Waals surface area contributed by atoms with Gasteiger partial charge in [-0.3, -0.25) is 5.01 Å². The third-order valence-electron chi connectivity index (χ3n) is 1.84. The minimum Gasteiger partial charge on any atom is -0.315 e. The Balaban J connectivity index is 2.43. The van der Waals surface area contributed by atoms with E-state index < -0.39 is 0 Å². The Kier molecular flexibility index (Phi) is 4.42. The maximum atomic E-state index is 5.78. The van der Waals surface area contributed by atoms with Crippen LogP contribution in [0.4, 0.5) is 5.82 Å². The molecule has 1 aromatic heterocycles. The Morgan fingerprint density at radius 1 is 1.57 bits per heavy atom. The highest BCUT2D eigenvalue weighted by atomic mass is 15.4. The number of aromatic nitrogens is 1. The first-order valence-electron chi connectivity index (χ1n) is 4.68. The summed E-state index contributed by atoms with van der Waals surface area (Å²) in [6.45, 7) is 4.58. The molecule has 2 radical (unpaired) electrons. The number of hydrogen-bond acceptors (Lipinski definition) is 4. The van der Waals surface area contributed by atoms with Crippen molar-refractivity contribution in [2.75, 3.05) is 24.6 Å². The maximum Gasteiger partial charge on any atom is 0.142 e. The monoisotopic (exact) mass is 190 g/mol. The molecule has 4 nitrogen and oxygen atoms in total. The van der Waals surface area contributed by atoms with Gasteiger partial charge >= 0.3 is 0 Å². The molecule has 3 N–H and O–H groups in total. The van der Waals surface area contributed by atoms with E-state index in [0.717, 1.165) is 25.5 Å². The second-order valence-electron chi connectivity index (χ2n) is 3.00. The van der Waals surface area contributed by atoms with Crippen molar-refractivity contribution in [2.24, 2.45) is 5.84 Å². The molecule has 1 heterocycles. The van der Waals surface area contributed by atoms with Gasteiger partial charge in [-0.25, -0.2) is 10.8 Å². The molecule has 1 rings (SSSR count). The van der Waals surface area contributed by atoms with Crippen molar-refractivity contribution in [1.29, 1.82) is 0 Å². The molecule has 0 saturated carbocycles. The first-order valence-corrected chi connectivity index (χ1v) is 4.68. The molecule has 0 aliphatic carbocycles. The third kappa shape index (κ3) is 3.36. The van der Waals surface area contributed by atoms with E-state index in [1.807, 2.05) is 0 Å². The van der Waals surface area contributed by atoms with Crippen LogP contribution in [0.1, 0.15) is 6.92 Å². The number of rotatable bonds is 5. The molecule has 0 atom stereocenters. The first kappa shape index (κ1) is 11.0. The van der Waals surface area contributed by atoms with Crippen molar-refractivity contribution in [2.45, 2.75) is 6.92 Å². The lowest BCUT2D eigenvalue weighted by molar-refractivity contribution is 0.687. The van der Waals surface area contributed by atoms with Crippen molar-refractivity contribution < 1.29 is 0 Å². The lowest BCUT2D eigenvalue weighted by Gasteiger charge is -2.17. The standard InChI is InChI=1S/C9H15BN4/c1-2-12-5-6-14(11)9-4-3-8(10)7-13-9/h3-4,7,12H,2,5-6,11H2,1H3. The summed E-state index contributed by atoms with van der Waals surface area (Å²) in [5.41, 5.74) is 0.647. The van der Waals surface area contributed by atoms with Gasteiger partial charge in [-0.2, -0.15) is 0 Å². The Labute approximate surface area is 85.9 Å². The lowest BCUT2D eigenvalue weighted by Crippen LogP contribution is -2.38. The number of nitrogens with two attached hydrogens (primary N) is 1. The second kappa shape index (κ2) is 5.62. The molecule has 0 aliphatic rings. The Morgan fingerprint density at radius 3 is 2.93 bits per heavy atom. The summed E-state index contributed by atoms with van der Waals surface area (Å²) in [5, 5.41) is 4.79. The summed E-state index contributed by atoms with van der Waals surface area (Å²) < 4.78 is 0. The van der Waals surface area contributed by atoms with Crippen molar-refractivity contribution >= 4 is 19.1 Å². The molecule has 0 amide bonds. The van der Waals surface area contributed by atoms with Gasteiger partial charge < -0.3 is 5.32 Å². The van der Waals surface area contributed by atoms with Crippen LogP contribution in [0.5, 0.6) is 0 Å². The Bertz CT molecular complexity index is 262. The van der Waals surface area contributed by atoms with Crippen molar-refractivity contribution in [3.63, 3.8) is 0 Å². The molecule has 0 fully saturated rings. The van der Waals surface area contributed by atoms with Gasteiger partial charge in [0.25, 0.3) is 0 Å². The number of anilines is 1. The summed E-state index contributed by atoms with van der Waals surface area (Å²) in [5.74, 6) is 6.51. The molecule has 0 aromatic carbocycles. The normalized spacial score (nSPS) is 10.1. The molecular formula is C9H15BN4. The van der Waals surface area contributed by atoms with Gasteiger partial charge in [-0.1, -0.05) is 18.5 Å². The number of nitrogens with one attached hydrogen (secondary N) is 1. The number of hydrogen-bond donors (Lipinski definition) is 2. The average Bonchev–Trinajstić information content (AvgIpc) is 2.19. The zero-order chi connectivity index (χ0) is 10.4. The number of likely N-dealkylation sites (N-methyl/N-ethyl adjacent to an activating group) is 1. The predicted molar refractivity (Wildman–Crippen MR) is 59.7 cm³/mol. The largest absolute Gasteiger partial charge is 0.315 e. The summed E-state index contributed by atoms with van der Waals surface area (Å²) in [7, 11) is 5.51. The molecule has 74 valence electrons. The fourth-order valence-corrected chi connectivity index (χ4v) is 1.06. The van der Waals surface area contributed by atoms with Crippen LogP contribution in [-0.2, 0) is 0 Å². The quantitative estimate of drug-likeness (QED) is 0.275. The predicted octanol–water partition coefficient (Wildman–Crippen LogP) is -0.835. The smallest absolute Gasteiger partial charge is 0.142 e. The Morgan fingerprint density at radius 2 is 2.36 bits per heavy atom. The van der Waals surface area contributed by atoms with Crippen LogP contribution < -0.4 is 21.6 Å². The van der Waals surface area contributed by atoms with Crippen molar-refractivity contribution in [3.8, 4) is 0 Å². The summed E-state index contributed by atoms with van der Waals surface area (Å²) >= 11 is 0. The topological polar surface area (TPSA) is 54.2 Å². The molecule has 0 aliphatic heterocycles. The zero-order valence-electron chi connectivity index (χ0n) is 8.40. The van der Waals surface area contributed by atoms with Crippen LogP contribution in [0, 0.1) is 0 Å². The minimum atomic E-state index is 0.647. The van der Waals surface area contributed by atoms with Gasteiger partial charge in [-0.05, 0) is 12.6 Å². The summed E-state index contributed by atoms with van der Waals surface area (Å²) in [4.78, 5) is 4.11. The zero-order valence-corrected chi connectivity index (χ0v) is 8.40. The van der Waals surface area contributed by atoms with E-state index >= 15 is 0 Å². The van der Waals surface area contributed by atoms with Crippen LogP contribution in [0.3, 0.4) is 0 Å². The van der Waals surface area contributed by atoms with Crippen LogP contribution in [0.25, 0.3) is 0 Å². The van der Waals surface area contributed by atoms with Crippen LogP contribution >= 0.6 is 0 Å². The molecule has 0 bridgehead atoms. The fourth-order valence-electron chi connectivity index (χ4n) is 1.06. The highest BCUT2D eigenvalue weighted by Gasteiger charge is 2.00. The van der Waals surface area contributed by atoms with E-state index in [-0.39, 0.29) is 0 Å². The number of nitrogens with zero attached hydrogens (tertiary/aromatic N) is 2. The molecule has 1 aromatic rings. The average molecular weight is 190 g/mol. The summed E-state index contributed by atoms with van der Waals surface area (Å²) in [6.07, 6.45) is 1.60. The SMILES string of the molecule is [B]c1ccc(N(N)CCNCC)nc1. The van der Waals surface area contributed by atoms with Gasteiger partial charge in [0.05, 0.1) is 0 Å². The highest BCUT2D eigenvalue weighted by molar-refractivity contribution is 6.32. The van der Waals surface area contributed by atoms with Crippen LogP contribution in [0.15, 0.2) is 18.3 Å². The van der Waals surface area contributed by atoms with Crippen molar-refractivity contribution in [1.82, 2.24) is 10.3 Å². The second-order valence-corrected chi connectivity index (χ2v) is 3.00. The van der Waals surface area contributed by atoms with E-state index in [4.69, 9.17) is 13.7 Å². The molecule has 0 saturated heterocycles. The van der Waals surface area contributed by atoms with Gasteiger partial charge in [0.1, 0.15) is 13.7 Å².